The molecule has 0 bridgehead atoms. The van der Waals surface area contributed by atoms with Crippen molar-refractivity contribution in [2.45, 2.75) is 13.3 Å². The maximum absolute atomic E-state index is 6.11. The Bertz CT molecular complexity index is 337. The molecule has 0 heterocycles. The average molecular weight is 235 g/mol. The molecule has 1 aromatic carbocycles. The van der Waals surface area contributed by atoms with Crippen molar-refractivity contribution in [3.63, 3.8) is 0 Å². The van der Waals surface area contributed by atoms with E-state index in [1.807, 2.05) is 6.92 Å². The van der Waals surface area contributed by atoms with Gasteiger partial charge in [0.2, 0.25) is 0 Å². The molecule has 0 aliphatic rings. The van der Waals surface area contributed by atoms with E-state index in [1.165, 1.54) is 0 Å². The van der Waals surface area contributed by atoms with E-state index in [-0.39, 0.29) is 0 Å². The van der Waals surface area contributed by atoms with Crippen LogP contribution in [0.3, 0.4) is 0 Å². The number of hydrogen-bond donors (Lipinski definition) is 0. The van der Waals surface area contributed by atoms with Crippen LogP contribution in [0.25, 0.3) is 0 Å². The van der Waals surface area contributed by atoms with Crippen LogP contribution in [0.2, 0.25) is 10.0 Å². The zero-order valence-electron chi connectivity index (χ0n) is 8.36. The number of ether oxygens (including phenoxy) is 2. The summed E-state index contributed by atoms with van der Waals surface area (Å²) in [6.07, 6.45) is 0.762. The lowest BCUT2D eigenvalue weighted by molar-refractivity contribution is 0.355. The summed E-state index contributed by atoms with van der Waals surface area (Å²) in [6, 6.07) is 1.71. The maximum atomic E-state index is 6.11. The maximum Gasteiger partial charge on any atom is 0.179 e. The molecule has 0 saturated carbocycles. The summed E-state index contributed by atoms with van der Waals surface area (Å²) in [5.41, 5.74) is 0.881. The molecule has 2 nitrogen and oxygen atoms in total. The van der Waals surface area contributed by atoms with E-state index in [0.717, 1.165) is 12.0 Å². The molecule has 0 spiro atoms. The van der Waals surface area contributed by atoms with Crippen molar-refractivity contribution in [1.82, 2.24) is 0 Å². The van der Waals surface area contributed by atoms with E-state index in [9.17, 15) is 0 Å². The Kier molecular flexibility index (Phi) is 3.90. The summed E-state index contributed by atoms with van der Waals surface area (Å²) in [6.45, 7) is 1.99. The summed E-state index contributed by atoms with van der Waals surface area (Å²) in [5.74, 6) is 1.09. The molecular formula is C10H12Cl2O2. The Labute approximate surface area is 93.7 Å². The van der Waals surface area contributed by atoms with Gasteiger partial charge in [0, 0.05) is 11.1 Å². The van der Waals surface area contributed by atoms with Gasteiger partial charge in [-0.3, -0.25) is 0 Å². The number of halogens is 2. The quantitative estimate of drug-likeness (QED) is 0.797. The van der Waals surface area contributed by atoms with E-state index < -0.39 is 0 Å². The third-order valence-electron chi connectivity index (χ3n) is 2.01. The Hall–Kier alpha value is -0.600. The lowest BCUT2D eigenvalue weighted by atomic mass is 10.1. The van der Waals surface area contributed by atoms with Gasteiger partial charge in [0.15, 0.2) is 11.5 Å². The van der Waals surface area contributed by atoms with Gasteiger partial charge in [-0.15, -0.1) is 0 Å². The van der Waals surface area contributed by atoms with Crippen molar-refractivity contribution >= 4 is 23.2 Å². The predicted octanol–water partition coefficient (Wildman–Crippen LogP) is 3.57. The highest BCUT2D eigenvalue weighted by Crippen LogP contribution is 2.41. The molecule has 0 saturated heterocycles. The highest BCUT2D eigenvalue weighted by atomic mass is 35.5. The largest absolute Gasteiger partial charge is 0.493 e. The Morgan fingerprint density at radius 3 is 2.29 bits per heavy atom. The Morgan fingerprint density at radius 2 is 1.86 bits per heavy atom. The SMILES string of the molecule is CCc1c(Cl)cc(OC)c(OC)c1Cl. The van der Waals surface area contributed by atoms with Gasteiger partial charge >= 0.3 is 0 Å². The number of methoxy groups -OCH3 is 2. The summed E-state index contributed by atoms with van der Waals surface area (Å²) in [4.78, 5) is 0. The van der Waals surface area contributed by atoms with Crippen molar-refractivity contribution in [3.05, 3.63) is 21.7 Å². The van der Waals surface area contributed by atoms with Gasteiger partial charge in [-0.05, 0) is 12.0 Å². The van der Waals surface area contributed by atoms with E-state index in [1.54, 1.807) is 20.3 Å². The summed E-state index contributed by atoms with van der Waals surface area (Å²) in [5, 5.41) is 1.13. The Morgan fingerprint density at radius 1 is 1.21 bits per heavy atom. The normalized spacial score (nSPS) is 10.1. The van der Waals surface area contributed by atoms with E-state index >= 15 is 0 Å². The molecule has 0 N–H and O–H groups in total. The standard InChI is InChI=1S/C10H12Cl2O2/c1-4-6-7(11)5-8(13-2)10(14-3)9(6)12/h5H,4H2,1-3H3. The second-order valence-electron chi connectivity index (χ2n) is 2.74. The molecule has 0 aliphatic carbocycles. The minimum atomic E-state index is 0.527. The van der Waals surface area contributed by atoms with Crippen molar-refractivity contribution in [3.8, 4) is 11.5 Å². The minimum absolute atomic E-state index is 0.527. The first-order chi connectivity index (χ1) is 6.65. The van der Waals surface area contributed by atoms with E-state index in [2.05, 4.69) is 0 Å². The monoisotopic (exact) mass is 234 g/mol. The first-order valence-electron chi connectivity index (χ1n) is 4.24. The molecule has 0 amide bonds. The number of hydrogen-bond acceptors (Lipinski definition) is 2. The van der Waals surface area contributed by atoms with Crippen LogP contribution in [0.5, 0.6) is 11.5 Å². The first kappa shape index (κ1) is 11.5. The Balaban J connectivity index is 3.39. The second kappa shape index (κ2) is 4.76. The summed E-state index contributed by atoms with van der Waals surface area (Å²) >= 11 is 12.1. The highest BCUT2D eigenvalue weighted by Gasteiger charge is 2.15. The molecule has 0 aliphatic heterocycles. The lowest BCUT2D eigenvalue weighted by Crippen LogP contribution is -1.95. The summed E-state index contributed by atoms with van der Waals surface area (Å²) < 4.78 is 10.3. The minimum Gasteiger partial charge on any atom is -0.493 e. The van der Waals surface area contributed by atoms with Crippen LogP contribution in [0, 0.1) is 0 Å². The zero-order valence-corrected chi connectivity index (χ0v) is 9.87. The van der Waals surface area contributed by atoms with Crippen LogP contribution >= 0.6 is 23.2 Å². The fraction of sp³-hybridized carbons (Fsp3) is 0.400. The van der Waals surface area contributed by atoms with Crippen LogP contribution in [0.15, 0.2) is 6.07 Å². The first-order valence-corrected chi connectivity index (χ1v) is 5.00. The molecule has 0 atom stereocenters. The fourth-order valence-electron chi connectivity index (χ4n) is 1.28. The van der Waals surface area contributed by atoms with E-state index in [0.29, 0.717) is 21.5 Å². The van der Waals surface area contributed by atoms with Gasteiger partial charge in [0.25, 0.3) is 0 Å². The zero-order chi connectivity index (χ0) is 10.7. The molecule has 0 unspecified atom stereocenters. The molecule has 0 aromatic heterocycles. The van der Waals surface area contributed by atoms with Crippen LogP contribution in [0.4, 0.5) is 0 Å². The number of benzene rings is 1. The van der Waals surface area contributed by atoms with Crippen LogP contribution in [-0.4, -0.2) is 14.2 Å². The highest BCUT2D eigenvalue weighted by molar-refractivity contribution is 6.37. The summed E-state index contributed by atoms with van der Waals surface area (Å²) in [7, 11) is 3.10. The fourth-order valence-corrected chi connectivity index (χ4v) is 2.07. The molecule has 0 radical (unpaired) electrons. The molecule has 1 rings (SSSR count). The third-order valence-corrected chi connectivity index (χ3v) is 2.75. The third kappa shape index (κ3) is 1.91. The van der Waals surface area contributed by atoms with Crippen molar-refractivity contribution in [2.24, 2.45) is 0 Å². The van der Waals surface area contributed by atoms with Crippen molar-refractivity contribution in [2.75, 3.05) is 14.2 Å². The molecule has 78 valence electrons. The van der Waals surface area contributed by atoms with Crippen molar-refractivity contribution < 1.29 is 9.47 Å². The molecule has 4 heteroatoms. The molecule has 0 fully saturated rings. The van der Waals surface area contributed by atoms with Gasteiger partial charge in [0.05, 0.1) is 19.2 Å². The van der Waals surface area contributed by atoms with Gasteiger partial charge < -0.3 is 9.47 Å². The van der Waals surface area contributed by atoms with Gasteiger partial charge in [-0.1, -0.05) is 30.1 Å². The number of rotatable bonds is 3. The smallest absolute Gasteiger partial charge is 0.179 e. The van der Waals surface area contributed by atoms with Crippen LogP contribution in [0.1, 0.15) is 12.5 Å². The second-order valence-corrected chi connectivity index (χ2v) is 3.53. The predicted molar refractivity (Wildman–Crippen MR) is 58.9 cm³/mol. The van der Waals surface area contributed by atoms with Crippen molar-refractivity contribution in [1.29, 1.82) is 0 Å². The van der Waals surface area contributed by atoms with Crippen LogP contribution < -0.4 is 9.47 Å². The molecular weight excluding hydrogens is 223 g/mol. The van der Waals surface area contributed by atoms with E-state index in [4.69, 9.17) is 32.7 Å². The molecule has 1 aromatic rings. The topological polar surface area (TPSA) is 18.5 Å². The van der Waals surface area contributed by atoms with Gasteiger partial charge in [-0.2, -0.15) is 0 Å². The van der Waals surface area contributed by atoms with Crippen LogP contribution in [-0.2, 0) is 6.42 Å². The van der Waals surface area contributed by atoms with Gasteiger partial charge in [0.1, 0.15) is 0 Å². The average Bonchev–Trinajstić information content (AvgIpc) is 2.17. The van der Waals surface area contributed by atoms with Gasteiger partial charge in [-0.25, -0.2) is 0 Å². The lowest BCUT2D eigenvalue weighted by Gasteiger charge is -2.13. The molecule has 14 heavy (non-hydrogen) atoms.